The zero-order valence-electron chi connectivity index (χ0n) is 15.9. The van der Waals surface area contributed by atoms with Gasteiger partial charge in [-0.1, -0.05) is 12.1 Å². The quantitative estimate of drug-likeness (QED) is 0.393. The summed E-state index contributed by atoms with van der Waals surface area (Å²) in [6.07, 6.45) is 0.548. The van der Waals surface area contributed by atoms with Crippen molar-refractivity contribution in [2.75, 3.05) is 6.61 Å². The van der Waals surface area contributed by atoms with Crippen molar-refractivity contribution in [3.05, 3.63) is 76.0 Å². The molecule has 1 aliphatic rings. The lowest BCUT2D eigenvalue weighted by molar-refractivity contribution is -0.384. The van der Waals surface area contributed by atoms with E-state index >= 15 is 0 Å². The van der Waals surface area contributed by atoms with Crippen LogP contribution in [-0.2, 0) is 4.79 Å². The molecule has 0 fully saturated rings. The molecule has 1 aliphatic heterocycles. The fraction of sp³-hybridized carbons (Fsp3) is 0.143. The van der Waals surface area contributed by atoms with Crippen molar-refractivity contribution in [2.24, 2.45) is 5.10 Å². The van der Waals surface area contributed by atoms with Crippen molar-refractivity contribution in [2.45, 2.75) is 13.0 Å². The summed E-state index contributed by atoms with van der Waals surface area (Å²) in [6.45, 7) is 1.85. The van der Waals surface area contributed by atoms with Crippen molar-refractivity contribution >= 4 is 17.8 Å². The van der Waals surface area contributed by atoms with E-state index in [1.165, 1.54) is 18.3 Å². The van der Waals surface area contributed by atoms with Crippen LogP contribution in [0.2, 0.25) is 0 Å². The summed E-state index contributed by atoms with van der Waals surface area (Å²) >= 11 is 0. The third-order valence-electron chi connectivity index (χ3n) is 4.48. The molecule has 0 radical (unpaired) electrons. The van der Waals surface area contributed by atoms with Gasteiger partial charge in [0.1, 0.15) is 18.1 Å². The standard InChI is InChI=1S/C21H17N3O6/c1-13-10-14(24(26)27)6-8-16(13)17-9-7-15(29-17)11-22-23-21(25)20-12-28-18-4-2-3-5-19(18)30-20/h2-11,20H,12H2,1H3,(H,23,25)/b22-11+. The average Bonchev–Trinajstić information content (AvgIpc) is 3.21. The van der Waals surface area contributed by atoms with Crippen molar-refractivity contribution in [3.8, 4) is 22.8 Å². The lowest BCUT2D eigenvalue weighted by Gasteiger charge is -2.24. The monoisotopic (exact) mass is 407 g/mol. The summed E-state index contributed by atoms with van der Waals surface area (Å²) in [5.74, 6) is 1.60. The van der Waals surface area contributed by atoms with Crippen LogP contribution in [0.3, 0.4) is 0 Å². The predicted molar refractivity (Wildman–Crippen MR) is 108 cm³/mol. The number of nitro groups is 1. The molecule has 2 aromatic carbocycles. The minimum Gasteiger partial charge on any atom is -0.485 e. The fourth-order valence-corrected chi connectivity index (χ4v) is 2.99. The van der Waals surface area contributed by atoms with E-state index < -0.39 is 16.9 Å². The first-order valence-corrected chi connectivity index (χ1v) is 9.08. The maximum Gasteiger partial charge on any atom is 0.284 e. The molecule has 0 bridgehead atoms. The molecule has 0 aliphatic carbocycles. The first-order chi connectivity index (χ1) is 14.5. The van der Waals surface area contributed by atoms with Crippen LogP contribution in [0.4, 0.5) is 5.69 Å². The van der Waals surface area contributed by atoms with E-state index in [1.54, 1.807) is 43.3 Å². The highest BCUT2D eigenvalue weighted by molar-refractivity contribution is 5.84. The van der Waals surface area contributed by atoms with E-state index in [0.717, 1.165) is 5.56 Å². The van der Waals surface area contributed by atoms with E-state index in [2.05, 4.69) is 10.5 Å². The van der Waals surface area contributed by atoms with Gasteiger partial charge in [0.25, 0.3) is 11.6 Å². The Bertz CT molecular complexity index is 1140. The molecule has 1 atom stereocenters. The van der Waals surface area contributed by atoms with Gasteiger partial charge in [-0.2, -0.15) is 5.10 Å². The van der Waals surface area contributed by atoms with Crippen LogP contribution >= 0.6 is 0 Å². The van der Waals surface area contributed by atoms with Crippen LogP contribution < -0.4 is 14.9 Å². The van der Waals surface area contributed by atoms with Crippen LogP contribution in [0.25, 0.3) is 11.3 Å². The lowest BCUT2D eigenvalue weighted by Crippen LogP contribution is -2.42. The molecule has 3 aromatic rings. The Morgan fingerprint density at radius 1 is 1.20 bits per heavy atom. The SMILES string of the molecule is Cc1cc([N+](=O)[O-])ccc1-c1ccc(/C=N/NC(=O)C2COc3ccccc3O2)o1. The predicted octanol–water partition coefficient (Wildman–Crippen LogP) is 3.45. The number of non-ortho nitro benzene ring substituents is 1. The van der Waals surface area contributed by atoms with Gasteiger partial charge in [0.05, 0.1) is 11.1 Å². The number of ether oxygens (including phenoxy) is 2. The van der Waals surface area contributed by atoms with Crippen LogP contribution in [0.1, 0.15) is 11.3 Å². The largest absolute Gasteiger partial charge is 0.485 e. The number of hydrazone groups is 1. The molecule has 0 spiro atoms. The van der Waals surface area contributed by atoms with E-state index in [1.807, 2.05) is 6.07 Å². The molecule has 0 saturated carbocycles. The minimum atomic E-state index is -0.813. The van der Waals surface area contributed by atoms with Crippen molar-refractivity contribution < 1.29 is 23.6 Å². The molecule has 152 valence electrons. The van der Waals surface area contributed by atoms with Gasteiger partial charge >= 0.3 is 0 Å². The number of nitro benzene ring substituents is 1. The molecule has 1 aromatic heterocycles. The summed E-state index contributed by atoms with van der Waals surface area (Å²) in [6, 6.07) is 15.1. The zero-order chi connectivity index (χ0) is 21.1. The Kier molecular flexibility index (Phi) is 5.17. The van der Waals surface area contributed by atoms with Crippen molar-refractivity contribution in [1.29, 1.82) is 0 Å². The summed E-state index contributed by atoms with van der Waals surface area (Å²) in [4.78, 5) is 22.7. The number of carbonyl (C=O) groups excluding carboxylic acids is 1. The lowest BCUT2D eigenvalue weighted by atomic mass is 10.1. The molecule has 0 saturated heterocycles. The second-order valence-electron chi connectivity index (χ2n) is 6.56. The van der Waals surface area contributed by atoms with Gasteiger partial charge in [0, 0.05) is 17.7 Å². The van der Waals surface area contributed by atoms with Gasteiger partial charge in [-0.25, -0.2) is 5.43 Å². The second kappa shape index (κ2) is 8.08. The molecule has 9 nitrogen and oxygen atoms in total. The third kappa shape index (κ3) is 4.00. The number of aryl methyl sites for hydroxylation is 1. The Hall–Kier alpha value is -4.14. The first kappa shape index (κ1) is 19.2. The average molecular weight is 407 g/mol. The van der Waals surface area contributed by atoms with E-state index in [4.69, 9.17) is 13.9 Å². The number of furan rings is 1. The maximum absolute atomic E-state index is 12.2. The highest BCUT2D eigenvalue weighted by atomic mass is 16.6. The maximum atomic E-state index is 12.2. The zero-order valence-corrected chi connectivity index (χ0v) is 15.9. The number of para-hydroxylation sites is 2. The molecule has 1 unspecified atom stereocenters. The number of benzene rings is 2. The van der Waals surface area contributed by atoms with Gasteiger partial charge in [-0.3, -0.25) is 14.9 Å². The van der Waals surface area contributed by atoms with Crippen molar-refractivity contribution in [3.63, 3.8) is 0 Å². The highest BCUT2D eigenvalue weighted by Crippen LogP contribution is 2.31. The summed E-state index contributed by atoms with van der Waals surface area (Å²) in [5, 5.41) is 14.8. The Balaban J connectivity index is 1.38. The smallest absolute Gasteiger partial charge is 0.284 e. The van der Waals surface area contributed by atoms with E-state index in [-0.39, 0.29) is 12.3 Å². The van der Waals surface area contributed by atoms with Gasteiger partial charge in [-0.15, -0.1) is 0 Å². The topological polar surface area (TPSA) is 116 Å². The Labute approximate surface area is 171 Å². The van der Waals surface area contributed by atoms with Crippen molar-refractivity contribution in [1.82, 2.24) is 5.43 Å². The van der Waals surface area contributed by atoms with Gasteiger partial charge in [0.2, 0.25) is 6.10 Å². The van der Waals surface area contributed by atoms with Crippen LogP contribution in [-0.4, -0.2) is 29.8 Å². The van der Waals surface area contributed by atoms with E-state index in [9.17, 15) is 14.9 Å². The summed E-state index contributed by atoms with van der Waals surface area (Å²) in [5.41, 5.74) is 3.87. The number of fused-ring (bicyclic) bond motifs is 1. The number of hydrogen-bond donors (Lipinski definition) is 1. The minimum absolute atomic E-state index is 0.0174. The third-order valence-corrected chi connectivity index (χ3v) is 4.48. The van der Waals surface area contributed by atoms with Gasteiger partial charge < -0.3 is 13.9 Å². The Morgan fingerprint density at radius 3 is 2.77 bits per heavy atom. The second-order valence-corrected chi connectivity index (χ2v) is 6.56. The van der Waals surface area contributed by atoms with E-state index in [0.29, 0.717) is 28.6 Å². The summed E-state index contributed by atoms with van der Waals surface area (Å²) < 4.78 is 16.8. The summed E-state index contributed by atoms with van der Waals surface area (Å²) in [7, 11) is 0. The molecule has 30 heavy (non-hydrogen) atoms. The molecule has 2 heterocycles. The van der Waals surface area contributed by atoms with Crippen LogP contribution in [0.5, 0.6) is 11.5 Å². The van der Waals surface area contributed by atoms with Crippen LogP contribution in [0, 0.1) is 17.0 Å². The number of nitrogens with zero attached hydrogens (tertiary/aromatic N) is 2. The molecular weight excluding hydrogens is 390 g/mol. The van der Waals surface area contributed by atoms with Gasteiger partial charge in [0.15, 0.2) is 11.5 Å². The highest BCUT2D eigenvalue weighted by Gasteiger charge is 2.27. The molecule has 9 heteroatoms. The molecule has 1 N–H and O–H groups in total. The first-order valence-electron chi connectivity index (χ1n) is 9.08. The number of nitrogens with one attached hydrogen (secondary N) is 1. The molecule has 1 amide bonds. The van der Waals surface area contributed by atoms with Gasteiger partial charge in [-0.05, 0) is 42.8 Å². The molecular formula is C21H17N3O6. The number of carbonyl (C=O) groups is 1. The molecule has 4 rings (SSSR count). The number of amides is 1. The number of hydrogen-bond acceptors (Lipinski definition) is 7. The normalized spacial score (nSPS) is 15.2. The fourth-order valence-electron chi connectivity index (χ4n) is 2.99. The number of rotatable bonds is 5. The Morgan fingerprint density at radius 2 is 2.00 bits per heavy atom. The van der Waals surface area contributed by atoms with Crippen LogP contribution in [0.15, 0.2) is 64.1 Å².